The Hall–Kier alpha value is -3.20. The van der Waals surface area contributed by atoms with Gasteiger partial charge >= 0.3 is 0 Å². The topological polar surface area (TPSA) is 91.4 Å². The van der Waals surface area contributed by atoms with Crippen LogP contribution in [-0.4, -0.2) is 22.7 Å². The van der Waals surface area contributed by atoms with Crippen LogP contribution in [0.2, 0.25) is 5.02 Å². The minimum atomic E-state index is -0.647. The SMILES string of the molecule is Cc1nc(NC(=O)c2ccc(NC3=C(Cl)C(=O)N(c4cccc(Cl)c4)C3=O)cc2)sc1C. The van der Waals surface area contributed by atoms with Crippen molar-refractivity contribution in [2.75, 3.05) is 15.5 Å². The Morgan fingerprint density at radius 1 is 1.03 bits per heavy atom. The van der Waals surface area contributed by atoms with E-state index in [0.29, 0.717) is 27.1 Å². The quantitative estimate of drug-likeness (QED) is 0.489. The van der Waals surface area contributed by atoms with Gasteiger partial charge in [-0.05, 0) is 56.3 Å². The summed E-state index contributed by atoms with van der Waals surface area (Å²) in [6.07, 6.45) is 0. The number of halogens is 2. The predicted molar refractivity (Wildman–Crippen MR) is 126 cm³/mol. The van der Waals surface area contributed by atoms with E-state index in [2.05, 4.69) is 15.6 Å². The number of aryl methyl sites for hydroxylation is 2. The van der Waals surface area contributed by atoms with E-state index in [4.69, 9.17) is 23.2 Å². The fraction of sp³-hybridized carbons (Fsp3) is 0.0909. The Bertz CT molecular complexity index is 1270. The highest BCUT2D eigenvalue weighted by atomic mass is 35.5. The number of aromatic nitrogens is 1. The molecular formula is C22H16Cl2N4O3S. The lowest BCUT2D eigenvalue weighted by Gasteiger charge is -2.15. The molecule has 0 radical (unpaired) electrons. The molecular weight excluding hydrogens is 471 g/mol. The number of nitrogens with zero attached hydrogens (tertiary/aromatic N) is 2. The first-order valence-corrected chi connectivity index (χ1v) is 11.0. The average molecular weight is 487 g/mol. The molecule has 162 valence electrons. The van der Waals surface area contributed by atoms with Gasteiger partial charge in [-0.2, -0.15) is 0 Å². The van der Waals surface area contributed by atoms with E-state index in [1.807, 2.05) is 13.8 Å². The van der Waals surface area contributed by atoms with Crippen LogP contribution in [0.25, 0.3) is 0 Å². The molecule has 2 N–H and O–H groups in total. The van der Waals surface area contributed by atoms with E-state index in [1.54, 1.807) is 42.5 Å². The lowest BCUT2D eigenvalue weighted by Crippen LogP contribution is -2.32. The summed E-state index contributed by atoms with van der Waals surface area (Å²) in [5.41, 5.74) is 2.04. The second-order valence-corrected chi connectivity index (χ2v) is 8.95. The van der Waals surface area contributed by atoms with Crippen LogP contribution in [0.5, 0.6) is 0 Å². The Morgan fingerprint density at radius 3 is 2.38 bits per heavy atom. The molecule has 0 saturated heterocycles. The molecule has 0 aliphatic carbocycles. The summed E-state index contributed by atoms with van der Waals surface area (Å²) < 4.78 is 0. The molecule has 3 amide bonds. The minimum Gasteiger partial charge on any atom is -0.350 e. The van der Waals surface area contributed by atoms with Crippen LogP contribution in [0.3, 0.4) is 0 Å². The third kappa shape index (κ3) is 4.25. The zero-order valence-electron chi connectivity index (χ0n) is 16.9. The van der Waals surface area contributed by atoms with Gasteiger partial charge in [0.2, 0.25) is 0 Å². The van der Waals surface area contributed by atoms with Gasteiger partial charge in [-0.3, -0.25) is 19.7 Å². The van der Waals surface area contributed by atoms with Crippen molar-refractivity contribution >= 4 is 68.8 Å². The summed E-state index contributed by atoms with van der Waals surface area (Å²) in [4.78, 5) is 44.1. The summed E-state index contributed by atoms with van der Waals surface area (Å²) in [5, 5.41) is 6.32. The smallest absolute Gasteiger partial charge is 0.283 e. The van der Waals surface area contributed by atoms with Gasteiger partial charge in [0.1, 0.15) is 10.7 Å². The summed E-state index contributed by atoms with van der Waals surface area (Å²) in [6.45, 7) is 3.82. The molecule has 0 fully saturated rings. The fourth-order valence-corrected chi connectivity index (χ4v) is 4.21. The van der Waals surface area contributed by atoms with Gasteiger partial charge in [0.05, 0.1) is 11.4 Å². The molecule has 0 spiro atoms. The molecule has 3 aromatic rings. The van der Waals surface area contributed by atoms with Crippen LogP contribution < -0.4 is 15.5 Å². The van der Waals surface area contributed by atoms with E-state index in [-0.39, 0.29) is 16.6 Å². The molecule has 2 aromatic carbocycles. The van der Waals surface area contributed by atoms with Crippen molar-refractivity contribution in [2.24, 2.45) is 0 Å². The van der Waals surface area contributed by atoms with Crippen molar-refractivity contribution < 1.29 is 14.4 Å². The highest BCUT2D eigenvalue weighted by Crippen LogP contribution is 2.31. The molecule has 4 rings (SSSR count). The number of imide groups is 1. The summed E-state index contributed by atoms with van der Waals surface area (Å²) in [7, 11) is 0. The van der Waals surface area contributed by atoms with Crippen LogP contribution >= 0.6 is 34.5 Å². The van der Waals surface area contributed by atoms with Gasteiger partial charge in [-0.1, -0.05) is 29.3 Å². The molecule has 0 saturated carbocycles. The number of carbonyl (C=O) groups is 3. The third-order valence-corrected chi connectivity index (χ3v) is 6.33. The van der Waals surface area contributed by atoms with Crippen LogP contribution in [0.4, 0.5) is 16.5 Å². The number of amides is 3. The third-order valence-electron chi connectivity index (χ3n) is 4.76. The molecule has 32 heavy (non-hydrogen) atoms. The molecule has 10 heteroatoms. The summed E-state index contributed by atoms with van der Waals surface area (Å²) >= 11 is 13.5. The molecule has 0 bridgehead atoms. The Labute approximate surface area is 197 Å². The Balaban J connectivity index is 1.48. The molecule has 1 aliphatic heterocycles. The molecule has 2 heterocycles. The summed E-state index contributed by atoms with van der Waals surface area (Å²) in [5.74, 6) is -1.55. The number of anilines is 3. The number of thiazole rings is 1. The highest BCUT2D eigenvalue weighted by molar-refractivity contribution is 7.15. The maximum absolute atomic E-state index is 12.8. The van der Waals surface area contributed by atoms with E-state index < -0.39 is 11.8 Å². The van der Waals surface area contributed by atoms with E-state index in [1.165, 1.54) is 17.4 Å². The molecule has 1 aliphatic rings. The second kappa shape index (κ2) is 8.74. The van der Waals surface area contributed by atoms with Crippen LogP contribution in [0, 0.1) is 13.8 Å². The van der Waals surface area contributed by atoms with Gasteiger partial charge in [-0.25, -0.2) is 9.88 Å². The molecule has 1 aromatic heterocycles. The monoisotopic (exact) mass is 486 g/mol. The van der Waals surface area contributed by atoms with Gasteiger partial charge in [-0.15, -0.1) is 11.3 Å². The normalized spacial score (nSPS) is 13.7. The lowest BCUT2D eigenvalue weighted by atomic mass is 10.2. The fourth-order valence-electron chi connectivity index (χ4n) is 3.01. The zero-order valence-corrected chi connectivity index (χ0v) is 19.2. The van der Waals surface area contributed by atoms with Crippen LogP contribution in [0.15, 0.2) is 59.3 Å². The van der Waals surface area contributed by atoms with Crippen molar-refractivity contribution in [3.05, 3.63) is 80.4 Å². The van der Waals surface area contributed by atoms with Gasteiger partial charge < -0.3 is 5.32 Å². The first-order chi connectivity index (χ1) is 15.2. The second-order valence-electron chi connectivity index (χ2n) is 6.93. The molecule has 0 unspecified atom stereocenters. The van der Waals surface area contributed by atoms with Crippen molar-refractivity contribution in [1.29, 1.82) is 0 Å². The van der Waals surface area contributed by atoms with Gasteiger partial charge in [0.15, 0.2) is 5.13 Å². The lowest BCUT2D eigenvalue weighted by molar-refractivity contribution is -0.120. The van der Waals surface area contributed by atoms with Crippen molar-refractivity contribution in [3.8, 4) is 0 Å². The first kappa shape index (κ1) is 22.0. The number of benzene rings is 2. The van der Waals surface area contributed by atoms with Crippen molar-refractivity contribution in [2.45, 2.75) is 13.8 Å². The Morgan fingerprint density at radius 2 is 1.75 bits per heavy atom. The first-order valence-electron chi connectivity index (χ1n) is 9.41. The molecule has 7 nitrogen and oxygen atoms in total. The maximum atomic E-state index is 12.8. The highest BCUT2D eigenvalue weighted by Gasteiger charge is 2.39. The van der Waals surface area contributed by atoms with Crippen LogP contribution in [0.1, 0.15) is 20.9 Å². The standard InChI is InChI=1S/C22H16Cl2N4O3S/c1-11-12(2)32-22(25-11)27-19(29)13-6-8-15(9-7-13)26-18-17(24)20(30)28(21(18)31)16-5-3-4-14(23)10-16/h3-10,26H,1-2H3,(H,25,27,29). The number of carbonyl (C=O) groups excluding carboxylic acids is 3. The van der Waals surface area contributed by atoms with E-state index >= 15 is 0 Å². The number of nitrogens with one attached hydrogen (secondary N) is 2. The Kier molecular flexibility index (Phi) is 6.01. The average Bonchev–Trinajstić information content (AvgIpc) is 3.18. The van der Waals surface area contributed by atoms with Gasteiger partial charge in [0.25, 0.3) is 17.7 Å². The largest absolute Gasteiger partial charge is 0.350 e. The molecule has 0 atom stereocenters. The predicted octanol–water partition coefficient (Wildman–Crippen LogP) is 5.10. The number of hydrogen-bond acceptors (Lipinski definition) is 6. The zero-order chi connectivity index (χ0) is 23.0. The maximum Gasteiger partial charge on any atom is 0.283 e. The van der Waals surface area contributed by atoms with Crippen LogP contribution in [-0.2, 0) is 9.59 Å². The number of rotatable bonds is 5. The van der Waals surface area contributed by atoms with E-state index in [9.17, 15) is 14.4 Å². The number of hydrogen-bond donors (Lipinski definition) is 2. The van der Waals surface area contributed by atoms with E-state index in [0.717, 1.165) is 15.5 Å². The minimum absolute atomic E-state index is 0.0532. The van der Waals surface area contributed by atoms with Gasteiger partial charge in [0, 0.05) is 21.2 Å². The van der Waals surface area contributed by atoms with Crippen molar-refractivity contribution in [3.63, 3.8) is 0 Å². The van der Waals surface area contributed by atoms with Crippen molar-refractivity contribution in [1.82, 2.24) is 4.98 Å². The summed E-state index contributed by atoms with van der Waals surface area (Å²) in [6, 6.07) is 12.8.